The van der Waals surface area contributed by atoms with Gasteiger partial charge in [0.25, 0.3) is 0 Å². The topological polar surface area (TPSA) is 75.3 Å². The first-order chi connectivity index (χ1) is 8.70. The molecule has 0 amide bonds. The second kappa shape index (κ2) is 6.00. The van der Waals surface area contributed by atoms with E-state index in [0.717, 1.165) is 12.1 Å². The van der Waals surface area contributed by atoms with Crippen molar-refractivity contribution in [1.29, 1.82) is 0 Å². The Morgan fingerprint density at radius 2 is 2.05 bits per heavy atom. The molecule has 4 N–H and O–H groups in total. The van der Waals surface area contributed by atoms with Crippen molar-refractivity contribution in [2.45, 2.75) is 5.51 Å². The number of carboxylic acids is 1. The monoisotopic (exact) mass is 298 g/mol. The van der Waals surface area contributed by atoms with Crippen molar-refractivity contribution in [3.05, 3.63) is 23.5 Å². The van der Waals surface area contributed by atoms with Crippen molar-refractivity contribution < 1.29 is 27.5 Å². The first kappa shape index (κ1) is 15.4. The van der Waals surface area contributed by atoms with Gasteiger partial charge in [-0.15, -0.1) is 0 Å². The van der Waals surface area contributed by atoms with Gasteiger partial charge < -0.3 is 16.2 Å². The molecule has 1 rings (SSSR count). The van der Waals surface area contributed by atoms with Gasteiger partial charge in [0.1, 0.15) is 5.82 Å². The standard InChI is InChI=1S/C10H10F4N2O2S/c11-6-4-7(15)5(9(17)18)3-8(6)16-1-2-19-10(12,13)14/h3-4,16H,1-2,15H2,(H,17,18). The predicted molar refractivity (Wildman–Crippen MR) is 64.8 cm³/mol. The third kappa shape index (κ3) is 4.86. The fourth-order valence-corrected chi connectivity index (χ4v) is 1.70. The van der Waals surface area contributed by atoms with Gasteiger partial charge in [0.15, 0.2) is 0 Å². The molecule has 4 nitrogen and oxygen atoms in total. The quantitative estimate of drug-likeness (QED) is 0.443. The smallest absolute Gasteiger partial charge is 0.441 e. The molecule has 0 unspecified atom stereocenters. The van der Waals surface area contributed by atoms with E-state index in [0.29, 0.717) is 0 Å². The molecular formula is C10H10F4N2O2S. The number of nitrogens with one attached hydrogen (secondary N) is 1. The Morgan fingerprint density at radius 1 is 1.42 bits per heavy atom. The largest absolute Gasteiger partial charge is 0.478 e. The van der Waals surface area contributed by atoms with Gasteiger partial charge in [-0.05, 0) is 23.9 Å². The number of benzene rings is 1. The zero-order valence-electron chi connectivity index (χ0n) is 9.42. The maximum absolute atomic E-state index is 13.4. The lowest BCUT2D eigenvalue weighted by Crippen LogP contribution is -2.12. The highest BCUT2D eigenvalue weighted by Gasteiger charge is 2.27. The summed E-state index contributed by atoms with van der Waals surface area (Å²) in [5, 5.41) is 11.2. The third-order valence-corrected chi connectivity index (χ3v) is 2.79. The Balaban J connectivity index is 2.68. The summed E-state index contributed by atoms with van der Waals surface area (Å²) in [6, 6.07) is 1.76. The van der Waals surface area contributed by atoms with Gasteiger partial charge in [-0.3, -0.25) is 0 Å². The molecule has 0 saturated heterocycles. The zero-order chi connectivity index (χ0) is 14.6. The lowest BCUT2D eigenvalue weighted by molar-refractivity contribution is -0.0327. The van der Waals surface area contributed by atoms with Crippen molar-refractivity contribution in [2.75, 3.05) is 23.3 Å². The summed E-state index contributed by atoms with van der Waals surface area (Å²) in [4.78, 5) is 10.8. The number of aromatic carboxylic acids is 1. The molecule has 0 aliphatic heterocycles. The molecule has 0 aliphatic rings. The number of hydrogen-bond acceptors (Lipinski definition) is 4. The van der Waals surface area contributed by atoms with Crippen LogP contribution in [0.15, 0.2) is 12.1 Å². The van der Waals surface area contributed by atoms with Crippen LogP contribution in [-0.4, -0.2) is 28.9 Å². The van der Waals surface area contributed by atoms with Gasteiger partial charge in [-0.1, -0.05) is 0 Å². The van der Waals surface area contributed by atoms with Gasteiger partial charge in [-0.2, -0.15) is 13.2 Å². The number of nitrogens with two attached hydrogens (primary N) is 1. The number of thioether (sulfide) groups is 1. The Kier molecular flexibility index (Phi) is 4.87. The highest BCUT2D eigenvalue weighted by molar-refractivity contribution is 8.00. The van der Waals surface area contributed by atoms with E-state index >= 15 is 0 Å². The van der Waals surface area contributed by atoms with Crippen LogP contribution < -0.4 is 11.1 Å². The van der Waals surface area contributed by atoms with Gasteiger partial charge in [0.05, 0.1) is 11.3 Å². The summed E-state index contributed by atoms with van der Waals surface area (Å²) in [6.07, 6.45) is 0. The van der Waals surface area contributed by atoms with Crippen LogP contribution in [-0.2, 0) is 0 Å². The van der Waals surface area contributed by atoms with E-state index in [9.17, 15) is 22.4 Å². The zero-order valence-corrected chi connectivity index (χ0v) is 10.2. The molecular weight excluding hydrogens is 288 g/mol. The van der Waals surface area contributed by atoms with E-state index in [4.69, 9.17) is 10.8 Å². The molecule has 106 valence electrons. The molecule has 1 aromatic carbocycles. The van der Waals surface area contributed by atoms with Crippen molar-refractivity contribution in [3.8, 4) is 0 Å². The summed E-state index contributed by atoms with van der Waals surface area (Å²) in [6.45, 7) is -0.163. The van der Waals surface area contributed by atoms with E-state index < -0.39 is 17.3 Å². The van der Waals surface area contributed by atoms with Crippen LogP contribution in [0.3, 0.4) is 0 Å². The highest BCUT2D eigenvalue weighted by atomic mass is 32.2. The van der Waals surface area contributed by atoms with Crippen molar-refractivity contribution >= 4 is 29.1 Å². The molecule has 9 heteroatoms. The molecule has 19 heavy (non-hydrogen) atoms. The minimum Gasteiger partial charge on any atom is -0.478 e. The maximum Gasteiger partial charge on any atom is 0.441 e. The Morgan fingerprint density at radius 3 is 2.58 bits per heavy atom. The third-order valence-electron chi connectivity index (χ3n) is 2.05. The second-order valence-electron chi connectivity index (χ2n) is 3.45. The number of halogens is 4. The molecule has 0 bridgehead atoms. The van der Waals surface area contributed by atoms with E-state index in [2.05, 4.69) is 5.32 Å². The number of hydrogen-bond donors (Lipinski definition) is 3. The number of rotatable bonds is 5. The Bertz CT molecular complexity index is 479. The number of alkyl halides is 3. The lowest BCUT2D eigenvalue weighted by atomic mass is 10.1. The van der Waals surface area contributed by atoms with E-state index in [-0.39, 0.29) is 41.0 Å². The summed E-state index contributed by atoms with van der Waals surface area (Å²) in [7, 11) is 0. The molecule has 0 aromatic heterocycles. The molecule has 0 radical (unpaired) electrons. The first-order valence-electron chi connectivity index (χ1n) is 4.97. The summed E-state index contributed by atoms with van der Waals surface area (Å²) in [5.74, 6) is -2.49. The van der Waals surface area contributed by atoms with Crippen LogP contribution >= 0.6 is 11.8 Å². The van der Waals surface area contributed by atoms with Gasteiger partial charge in [-0.25, -0.2) is 9.18 Å². The van der Waals surface area contributed by atoms with Crippen LogP contribution in [0.25, 0.3) is 0 Å². The molecule has 0 fully saturated rings. The van der Waals surface area contributed by atoms with Gasteiger partial charge in [0, 0.05) is 18.0 Å². The Hall–Kier alpha value is -1.64. The molecule has 0 aliphatic carbocycles. The first-order valence-corrected chi connectivity index (χ1v) is 5.96. The van der Waals surface area contributed by atoms with Crippen molar-refractivity contribution in [1.82, 2.24) is 0 Å². The molecule has 0 spiro atoms. The predicted octanol–water partition coefficient (Wildman–Crippen LogP) is 2.77. The van der Waals surface area contributed by atoms with Gasteiger partial charge >= 0.3 is 11.5 Å². The van der Waals surface area contributed by atoms with Crippen LogP contribution in [0.2, 0.25) is 0 Å². The average molecular weight is 298 g/mol. The number of nitrogen functional groups attached to an aromatic ring is 1. The summed E-state index contributed by atoms with van der Waals surface area (Å²) < 4.78 is 48.9. The molecule has 0 saturated carbocycles. The SMILES string of the molecule is Nc1cc(F)c(NCCSC(F)(F)F)cc1C(=O)O. The van der Waals surface area contributed by atoms with Crippen LogP contribution in [0, 0.1) is 5.82 Å². The van der Waals surface area contributed by atoms with E-state index in [1.807, 2.05) is 0 Å². The molecule has 1 aromatic rings. The minimum absolute atomic E-state index is 0.163. The molecule has 0 heterocycles. The summed E-state index contributed by atoms with van der Waals surface area (Å²) >= 11 is -0.254. The fraction of sp³-hybridized carbons (Fsp3) is 0.300. The van der Waals surface area contributed by atoms with E-state index in [1.165, 1.54) is 0 Å². The highest BCUT2D eigenvalue weighted by Crippen LogP contribution is 2.30. The average Bonchev–Trinajstić information content (AvgIpc) is 2.24. The second-order valence-corrected chi connectivity index (χ2v) is 4.61. The fourth-order valence-electron chi connectivity index (χ4n) is 1.26. The van der Waals surface area contributed by atoms with E-state index in [1.54, 1.807) is 0 Å². The lowest BCUT2D eigenvalue weighted by Gasteiger charge is -2.10. The number of anilines is 2. The number of carbonyl (C=O) groups is 1. The summed E-state index contributed by atoms with van der Waals surface area (Å²) in [5.41, 5.74) is 0.186. The maximum atomic E-state index is 13.4. The number of carboxylic acid groups (broad SMARTS) is 1. The van der Waals surface area contributed by atoms with Crippen molar-refractivity contribution in [2.24, 2.45) is 0 Å². The normalized spacial score (nSPS) is 11.4. The molecule has 0 atom stereocenters. The van der Waals surface area contributed by atoms with Crippen molar-refractivity contribution in [3.63, 3.8) is 0 Å². The van der Waals surface area contributed by atoms with Gasteiger partial charge in [0.2, 0.25) is 0 Å². The van der Waals surface area contributed by atoms with Crippen LogP contribution in [0.4, 0.5) is 28.9 Å². The van der Waals surface area contributed by atoms with Crippen LogP contribution in [0.5, 0.6) is 0 Å². The Labute approximate surface area is 110 Å². The minimum atomic E-state index is -4.35. The van der Waals surface area contributed by atoms with Crippen LogP contribution in [0.1, 0.15) is 10.4 Å².